The Morgan fingerprint density at radius 2 is 1.70 bits per heavy atom. The molecule has 1 atom stereocenters. The number of nitrogens with zero attached hydrogens (tertiary/aromatic N) is 6. The Balaban J connectivity index is 0.727. The Morgan fingerprint density at radius 1 is 0.925 bits per heavy atom. The first kappa shape index (κ1) is 45.3. The number of hydrogen-bond donors (Lipinski definition) is 4. The van der Waals surface area contributed by atoms with E-state index in [1.165, 1.54) is 4.90 Å². The minimum absolute atomic E-state index is 0.00215. The first-order valence-corrected chi connectivity index (χ1v) is 22.9. The summed E-state index contributed by atoms with van der Waals surface area (Å²) < 4.78 is 24.4. The first-order chi connectivity index (χ1) is 32.5. The van der Waals surface area contributed by atoms with Gasteiger partial charge in [-0.3, -0.25) is 29.3 Å². The van der Waals surface area contributed by atoms with Crippen LogP contribution in [0.4, 0.5) is 11.6 Å². The third kappa shape index (κ3) is 9.70. The highest BCUT2D eigenvalue weighted by Gasteiger charge is 2.40. The van der Waals surface area contributed by atoms with Gasteiger partial charge in [0.1, 0.15) is 34.9 Å². The second-order valence-electron chi connectivity index (χ2n) is 17.2. The van der Waals surface area contributed by atoms with E-state index in [9.17, 15) is 24.0 Å². The van der Waals surface area contributed by atoms with Gasteiger partial charge in [-0.25, -0.2) is 14.6 Å². The second kappa shape index (κ2) is 19.6. The number of rotatable bonds is 21. The number of H-pyrrole nitrogens is 1. The van der Waals surface area contributed by atoms with E-state index in [-0.39, 0.29) is 75.4 Å². The zero-order chi connectivity index (χ0) is 46.8. The van der Waals surface area contributed by atoms with Gasteiger partial charge in [-0.05, 0) is 87.4 Å². The maximum absolute atomic E-state index is 13.5. The third-order valence-electron chi connectivity index (χ3n) is 12.5. The lowest BCUT2D eigenvalue weighted by Gasteiger charge is -2.29. The highest BCUT2D eigenvalue weighted by atomic mass is 16.5. The number of aromatic nitrogens is 6. The quantitative estimate of drug-likeness (QED) is 0.0532. The van der Waals surface area contributed by atoms with Crippen LogP contribution in [0.2, 0.25) is 0 Å². The summed E-state index contributed by atoms with van der Waals surface area (Å²) in [4.78, 5) is 78.0. The maximum atomic E-state index is 13.5. The van der Waals surface area contributed by atoms with Crippen molar-refractivity contribution in [1.29, 1.82) is 0 Å². The molecule has 2 aliphatic heterocycles. The van der Waals surface area contributed by atoms with Gasteiger partial charge in [0.05, 0.1) is 56.4 Å². The van der Waals surface area contributed by atoms with Crippen LogP contribution in [0, 0.1) is 20.8 Å². The van der Waals surface area contributed by atoms with Crippen molar-refractivity contribution in [3.63, 3.8) is 0 Å². The number of amides is 4. The van der Waals surface area contributed by atoms with E-state index in [1.807, 2.05) is 38.4 Å². The summed E-state index contributed by atoms with van der Waals surface area (Å²) in [6.45, 7) is 10.7. The third-order valence-corrected chi connectivity index (χ3v) is 12.5. The van der Waals surface area contributed by atoms with Gasteiger partial charge in [0, 0.05) is 72.9 Å². The number of Topliss-reactive ketones (excluding diaryl/α,β-unsaturated/α-hetero) is 1. The number of aryl methyl sites for hydroxylation is 4. The van der Waals surface area contributed by atoms with Gasteiger partial charge in [-0.1, -0.05) is 17.3 Å². The van der Waals surface area contributed by atoms with E-state index < -0.39 is 17.9 Å². The molecule has 1 saturated heterocycles. The number of nitrogens with one attached hydrogen (secondary N) is 4. The van der Waals surface area contributed by atoms with Gasteiger partial charge in [-0.2, -0.15) is 5.10 Å². The molecule has 1 aliphatic carbocycles. The van der Waals surface area contributed by atoms with E-state index in [1.54, 1.807) is 12.1 Å². The van der Waals surface area contributed by atoms with Crippen molar-refractivity contribution in [3.05, 3.63) is 81.6 Å². The number of piperidine rings is 1. The molecule has 1 unspecified atom stereocenters. The molecule has 19 nitrogen and oxygen atoms in total. The molecule has 0 bridgehead atoms. The number of carbonyl (C=O) groups is 5. The predicted molar refractivity (Wildman–Crippen MR) is 245 cm³/mol. The Morgan fingerprint density at radius 3 is 2.43 bits per heavy atom. The van der Waals surface area contributed by atoms with Crippen LogP contribution in [0.1, 0.15) is 99.8 Å². The monoisotopic (exact) mass is 914 g/mol. The molecule has 6 aromatic rings. The van der Waals surface area contributed by atoms with Crippen molar-refractivity contribution < 1.29 is 42.7 Å². The van der Waals surface area contributed by atoms with Crippen LogP contribution in [0.5, 0.6) is 0 Å². The Hall–Kier alpha value is -6.83. The molecule has 0 radical (unpaired) electrons. The van der Waals surface area contributed by atoms with E-state index in [4.69, 9.17) is 33.8 Å². The van der Waals surface area contributed by atoms with Gasteiger partial charge in [0.15, 0.2) is 0 Å². The molecule has 0 spiro atoms. The molecular formula is C48H54N10O9. The van der Waals surface area contributed by atoms with Crippen LogP contribution >= 0.6 is 0 Å². The summed E-state index contributed by atoms with van der Waals surface area (Å²) in [5.41, 5.74) is 8.12. The summed E-state index contributed by atoms with van der Waals surface area (Å²) in [5, 5.41) is 19.3. The number of ether oxygens (including phenoxy) is 3. The van der Waals surface area contributed by atoms with Gasteiger partial charge in [0.2, 0.25) is 17.6 Å². The molecule has 9 rings (SSSR count). The normalized spacial score (nSPS) is 16.0. The van der Waals surface area contributed by atoms with Crippen molar-refractivity contribution in [2.24, 2.45) is 0 Å². The lowest BCUT2D eigenvalue weighted by Crippen LogP contribution is -2.52. The number of benzene rings is 2. The summed E-state index contributed by atoms with van der Waals surface area (Å²) in [6, 6.07) is 10.8. The average Bonchev–Trinajstić information content (AvgIpc) is 3.69. The molecule has 4 aromatic heterocycles. The minimum atomic E-state index is -0.714. The molecule has 4 amide bonds. The molecular weight excluding hydrogens is 861 g/mol. The van der Waals surface area contributed by atoms with Crippen molar-refractivity contribution >= 4 is 63.0 Å². The smallest absolute Gasteiger partial charge is 0.289 e. The number of fused-ring (bicyclic) bond motifs is 4. The minimum Gasteiger partial charge on any atom is -0.379 e. The van der Waals surface area contributed by atoms with E-state index in [0.29, 0.717) is 55.9 Å². The van der Waals surface area contributed by atoms with Crippen molar-refractivity contribution in [3.8, 4) is 11.1 Å². The second-order valence-corrected chi connectivity index (χ2v) is 17.2. The van der Waals surface area contributed by atoms with Crippen LogP contribution in [0.3, 0.4) is 0 Å². The SMILES string of the molecule is CCn1nc(C2CC2)cc1Nc1nc(C(=O)NCCOCCOCCOCCC(=O)Cc2cccc3c2CN(C2CCC(=O)NC2=O)C3=O)nc2[nH]c3cc(-c4c(C)noc4C)c(C)cc3c12. The summed E-state index contributed by atoms with van der Waals surface area (Å²) in [7, 11) is 0. The molecule has 19 heteroatoms. The summed E-state index contributed by atoms with van der Waals surface area (Å²) in [5.74, 6) is 0.899. The van der Waals surface area contributed by atoms with Crippen LogP contribution in [-0.2, 0) is 48.1 Å². The van der Waals surface area contributed by atoms with Crippen molar-refractivity contribution in [2.45, 2.75) is 91.3 Å². The van der Waals surface area contributed by atoms with Crippen molar-refractivity contribution in [2.75, 3.05) is 51.5 Å². The molecule has 67 heavy (non-hydrogen) atoms. The highest BCUT2D eigenvalue weighted by molar-refractivity contribution is 6.13. The number of imide groups is 1. The summed E-state index contributed by atoms with van der Waals surface area (Å²) >= 11 is 0. The van der Waals surface area contributed by atoms with Crippen LogP contribution < -0.4 is 16.0 Å². The van der Waals surface area contributed by atoms with Gasteiger partial charge < -0.3 is 39.3 Å². The molecule has 2 fully saturated rings. The van der Waals surface area contributed by atoms with Crippen LogP contribution in [0.25, 0.3) is 33.1 Å². The fourth-order valence-electron chi connectivity index (χ4n) is 8.92. The van der Waals surface area contributed by atoms with Crippen molar-refractivity contribution in [1.82, 2.24) is 45.4 Å². The van der Waals surface area contributed by atoms with E-state index in [2.05, 4.69) is 44.3 Å². The lowest BCUT2D eigenvalue weighted by molar-refractivity contribution is -0.137. The highest BCUT2D eigenvalue weighted by Crippen LogP contribution is 2.41. The van der Waals surface area contributed by atoms with Crippen LogP contribution in [-0.4, -0.2) is 116 Å². The zero-order valence-corrected chi connectivity index (χ0v) is 38.1. The largest absolute Gasteiger partial charge is 0.379 e. The molecule has 3 aliphatic rings. The summed E-state index contributed by atoms with van der Waals surface area (Å²) in [6.07, 6.45) is 3.03. The van der Waals surface area contributed by atoms with E-state index >= 15 is 0 Å². The number of aromatic amines is 1. The number of anilines is 2. The Labute approximate surface area is 385 Å². The van der Waals surface area contributed by atoms with E-state index in [0.717, 1.165) is 79.9 Å². The first-order valence-electron chi connectivity index (χ1n) is 22.9. The Kier molecular flexibility index (Phi) is 13.2. The molecule has 6 heterocycles. The lowest BCUT2D eigenvalue weighted by atomic mass is 9.97. The molecule has 4 N–H and O–H groups in total. The Bertz CT molecular complexity index is 2880. The van der Waals surface area contributed by atoms with Crippen LogP contribution in [0.15, 0.2) is 40.9 Å². The van der Waals surface area contributed by atoms with Gasteiger partial charge in [0.25, 0.3) is 11.8 Å². The number of carbonyl (C=O) groups excluding carboxylic acids is 5. The van der Waals surface area contributed by atoms with Gasteiger partial charge in [-0.15, -0.1) is 0 Å². The topological polar surface area (TPSA) is 238 Å². The molecule has 1 saturated carbocycles. The number of ketones is 1. The zero-order valence-electron chi connectivity index (χ0n) is 38.1. The maximum Gasteiger partial charge on any atom is 0.289 e. The fourth-order valence-corrected chi connectivity index (χ4v) is 8.92. The number of hydrogen-bond acceptors (Lipinski definition) is 14. The molecule has 350 valence electrons. The standard InChI is InChI=1S/C48H54N10O9/c1-5-58-39(24-36(55-58)29-9-10-29)51-44-42-34-21-26(2)33(41-27(3)56-67-28(41)4)23-37(34)50-43(42)53-45(54-44)47(62)49-14-16-65-18-20-66-19-17-64-15-13-31(59)22-30-7-6-8-32-35(30)25-57(48(32)63)38-11-12-40(60)52-46(38)61/h6-8,21,23-24,29,38H,5,9-20,22,25H2,1-4H3,(H,49,62)(H,52,60,61)(H2,50,51,53,54). The molecule has 2 aromatic carbocycles. The fraction of sp³-hybridized carbons (Fsp3) is 0.438. The average molecular weight is 915 g/mol. The van der Waals surface area contributed by atoms with Gasteiger partial charge >= 0.3 is 0 Å². The predicted octanol–water partition coefficient (Wildman–Crippen LogP) is 5.27.